The van der Waals surface area contributed by atoms with Gasteiger partial charge in [0.15, 0.2) is 5.69 Å². The topological polar surface area (TPSA) is 96.3 Å². The molecule has 1 atom stereocenters. The van der Waals surface area contributed by atoms with Crippen LogP contribution in [0.1, 0.15) is 64.4 Å². The van der Waals surface area contributed by atoms with E-state index in [0.29, 0.717) is 11.6 Å². The number of carbonyl (C=O) groups is 3. The molecule has 3 amide bonds. The third-order valence-electron chi connectivity index (χ3n) is 7.17. The molecule has 0 bridgehead atoms. The Morgan fingerprint density at radius 2 is 1.76 bits per heavy atom. The van der Waals surface area contributed by atoms with Crippen molar-refractivity contribution in [2.24, 2.45) is 0 Å². The number of carbonyl (C=O) groups excluding carboxylic acids is 3. The molecule has 37 heavy (non-hydrogen) atoms. The minimum atomic E-state index is -1.12. The van der Waals surface area contributed by atoms with Crippen molar-refractivity contribution >= 4 is 29.3 Å². The summed E-state index contributed by atoms with van der Waals surface area (Å²) < 4.78 is 1.63. The number of hydrogen-bond acceptors (Lipinski definition) is 4. The van der Waals surface area contributed by atoms with Crippen LogP contribution in [0.15, 0.2) is 54.9 Å². The summed E-state index contributed by atoms with van der Waals surface area (Å²) in [6.07, 6.45) is 4.07. The van der Waals surface area contributed by atoms with Crippen LogP contribution in [0.25, 0.3) is 0 Å². The summed E-state index contributed by atoms with van der Waals surface area (Å²) in [6.45, 7) is 4.65. The number of nitrogens with one attached hydrogen (secondary N) is 2. The van der Waals surface area contributed by atoms with Crippen molar-refractivity contribution < 1.29 is 14.4 Å². The predicted octanol–water partition coefficient (Wildman–Crippen LogP) is 3.72. The van der Waals surface area contributed by atoms with Crippen LogP contribution in [-0.4, -0.2) is 43.8 Å². The maximum Gasteiger partial charge on any atom is 0.274 e. The standard InChI is InChI=1S/C28H30ClN5O3/c1-3-18-8-10-19(11-9-18)14-30-25(35)23-24-26(36)34(21-12-13-21)28(2,16-33(24)17-32-23)27(37)31-15-20-6-4-5-7-22(20)29/h4-11,17,21H,3,12-16H2,1-2H3,(H,30,35)(H,31,37). The first kappa shape index (κ1) is 25.0. The highest BCUT2D eigenvalue weighted by Gasteiger charge is 2.53. The van der Waals surface area contributed by atoms with Gasteiger partial charge < -0.3 is 20.1 Å². The minimum Gasteiger partial charge on any atom is -0.350 e. The lowest BCUT2D eigenvalue weighted by Gasteiger charge is -2.44. The first-order valence-electron chi connectivity index (χ1n) is 12.6. The number of aryl methyl sites for hydroxylation is 1. The number of nitrogens with zero attached hydrogens (tertiary/aromatic N) is 3. The molecule has 0 saturated heterocycles. The van der Waals surface area contributed by atoms with Crippen LogP contribution >= 0.6 is 11.6 Å². The van der Waals surface area contributed by atoms with E-state index in [-0.39, 0.29) is 42.3 Å². The summed E-state index contributed by atoms with van der Waals surface area (Å²) in [7, 11) is 0. The molecule has 3 aromatic rings. The fourth-order valence-electron chi connectivity index (χ4n) is 4.89. The summed E-state index contributed by atoms with van der Waals surface area (Å²) in [4.78, 5) is 46.2. The number of hydrogen-bond donors (Lipinski definition) is 2. The second-order valence-corrected chi connectivity index (χ2v) is 10.3. The first-order valence-corrected chi connectivity index (χ1v) is 13.0. The van der Waals surface area contributed by atoms with Crippen molar-refractivity contribution in [2.75, 3.05) is 0 Å². The van der Waals surface area contributed by atoms with Gasteiger partial charge in [-0.2, -0.15) is 0 Å². The summed E-state index contributed by atoms with van der Waals surface area (Å²) in [5, 5.41) is 6.41. The molecule has 1 unspecified atom stereocenters. The average Bonchev–Trinajstić information content (AvgIpc) is 3.64. The summed E-state index contributed by atoms with van der Waals surface area (Å²) in [5.74, 6) is -1.03. The molecule has 2 heterocycles. The molecule has 0 radical (unpaired) electrons. The van der Waals surface area contributed by atoms with Crippen LogP contribution in [0, 0.1) is 0 Å². The van der Waals surface area contributed by atoms with Gasteiger partial charge in [-0.05, 0) is 48.9 Å². The zero-order valence-corrected chi connectivity index (χ0v) is 21.7. The second kappa shape index (κ2) is 10.0. The molecule has 1 aromatic heterocycles. The van der Waals surface area contributed by atoms with Gasteiger partial charge in [-0.25, -0.2) is 4.98 Å². The van der Waals surface area contributed by atoms with E-state index in [0.717, 1.165) is 30.4 Å². The third kappa shape index (κ3) is 4.85. The van der Waals surface area contributed by atoms with E-state index in [1.807, 2.05) is 42.5 Å². The van der Waals surface area contributed by atoms with E-state index in [9.17, 15) is 14.4 Å². The Labute approximate surface area is 221 Å². The van der Waals surface area contributed by atoms with Gasteiger partial charge in [0.25, 0.3) is 11.8 Å². The fourth-order valence-corrected chi connectivity index (χ4v) is 5.09. The SMILES string of the molecule is CCc1ccc(CNC(=O)c2ncn3c2C(=O)N(C2CC2)C(C)(C(=O)NCc2ccccc2Cl)C3)cc1. The van der Waals surface area contributed by atoms with E-state index >= 15 is 0 Å². The monoisotopic (exact) mass is 519 g/mol. The van der Waals surface area contributed by atoms with Gasteiger partial charge in [0.05, 0.1) is 12.9 Å². The number of benzene rings is 2. The Morgan fingerprint density at radius 1 is 1.05 bits per heavy atom. The Kier molecular flexibility index (Phi) is 6.77. The zero-order chi connectivity index (χ0) is 26.2. The minimum absolute atomic E-state index is 0.0415. The van der Waals surface area contributed by atoms with Crippen LogP contribution in [0.4, 0.5) is 0 Å². The fraction of sp³-hybridized carbons (Fsp3) is 0.357. The summed E-state index contributed by atoms with van der Waals surface area (Å²) >= 11 is 6.25. The molecule has 2 N–H and O–H groups in total. The van der Waals surface area contributed by atoms with Crippen LogP contribution in [-0.2, 0) is 30.8 Å². The Morgan fingerprint density at radius 3 is 2.43 bits per heavy atom. The van der Waals surface area contributed by atoms with Crippen molar-refractivity contribution in [3.8, 4) is 0 Å². The van der Waals surface area contributed by atoms with E-state index in [4.69, 9.17) is 11.6 Å². The van der Waals surface area contributed by atoms with Crippen molar-refractivity contribution in [1.29, 1.82) is 0 Å². The van der Waals surface area contributed by atoms with Crippen LogP contribution in [0.3, 0.4) is 0 Å². The van der Waals surface area contributed by atoms with E-state index in [1.165, 1.54) is 11.9 Å². The van der Waals surface area contributed by atoms with Gasteiger partial charge in [0.2, 0.25) is 5.91 Å². The molecule has 8 nitrogen and oxygen atoms in total. The molecule has 5 rings (SSSR count). The highest BCUT2D eigenvalue weighted by Crippen LogP contribution is 2.39. The van der Waals surface area contributed by atoms with Gasteiger partial charge in [-0.1, -0.05) is 61.0 Å². The van der Waals surface area contributed by atoms with Gasteiger partial charge in [-0.15, -0.1) is 0 Å². The van der Waals surface area contributed by atoms with Crippen LogP contribution < -0.4 is 10.6 Å². The first-order chi connectivity index (χ1) is 17.8. The van der Waals surface area contributed by atoms with Crippen molar-refractivity contribution in [2.45, 2.75) is 64.3 Å². The number of aromatic nitrogens is 2. The molecular weight excluding hydrogens is 490 g/mol. The highest BCUT2D eigenvalue weighted by atomic mass is 35.5. The number of fused-ring (bicyclic) bond motifs is 1. The van der Waals surface area contributed by atoms with Gasteiger partial charge in [-0.3, -0.25) is 14.4 Å². The Bertz CT molecular complexity index is 1350. The number of amides is 3. The van der Waals surface area contributed by atoms with Crippen molar-refractivity contribution in [3.05, 3.63) is 88.0 Å². The smallest absolute Gasteiger partial charge is 0.274 e. The van der Waals surface area contributed by atoms with E-state index < -0.39 is 11.4 Å². The number of imidazole rings is 1. The van der Waals surface area contributed by atoms with Crippen LogP contribution in [0.2, 0.25) is 5.02 Å². The maximum absolute atomic E-state index is 13.8. The van der Waals surface area contributed by atoms with Gasteiger partial charge in [0, 0.05) is 24.2 Å². The molecular formula is C28H30ClN5O3. The third-order valence-corrected chi connectivity index (χ3v) is 7.54. The van der Waals surface area contributed by atoms with Gasteiger partial charge >= 0.3 is 0 Å². The van der Waals surface area contributed by atoms with Gasteiger partial charge in [0.1, 0.15) is 11.2 Å². The Balaban J connectivity index is 1.34. The highest BCUT2D eigenvalue weighted by molar-refractivity contribution is 6.31. The molecule has 192 valence electrons. The summed E-state index contributed by atoms with van der Waals surface area (Å²) in [6, 6.07) is 15.3. The largest absolute Gasteiger partial charge is 0.350 e. The molecule has 2 aliphatic rings. The molecule has 0 spiro atoms. The summed E-state index contributed by atoms with van der Waals surface area (Å²) in [5.41, 5.74) is 2.17. The quantitative estimate of drug-likeness (QED) is 0.474. The molecule has 1 aliphatic heterocycles. The number of halogens is 1. The molecule has 9 heteroatoms. The van der Waals surface area contributed by atoms with Crippen LogP contribution in [0.5, 0.6) is 0 Å². The second-order valence-electron chi connectivity index (χ2n) is 9.88. The molecule has 1 aliphatic carbocycles. The average molecular weight is 520 g/mol. The van der Waals surface area contributed by atoms with E-state index in [1.54, 1.807) is 22.5 Å². The van der Waals surface area contributed by atoms with Crippen molar-refractivity contribution in [3.63, 3.8) is 0 Å². The molecule has 1 fully saturated rings. The normalized spacial score (nSPS) is 18.9. The predicted molar refractivity (Wildman–Crippen MR) is 140 cm³/mol. The Hall–Kier alpha value is -3.65. The number of rotatable bonds is 8. The van der Waals surface area contributed by atoms with E-state index in [2.05, 4.69) is 22.5 Å². The molecule has 2 aromatic carbocycles. The lowest BCUT2D eigenvalue weighted by Crippen LogP contribution is -2.64. The molecule has 1 saturated carbocycles. The lowest BCUT2D eigenvalue weighted by molar-refractivity contribution is -0.133. The zero-order valence-electron chi connectivity index (χ0n) is 21.0. The maximum atomic E-state index is 13.8. The lowest BCUT2D eigenvalue weighted by atomic mass is 9.93. The van der Waals surface area contributed by atoms with Crippen molar-refractivity contribution in [1.82, 2.24) is 25.1 Å².